The van der Waals surface area contributed by atoms with Crippen LogP contribution in [0.1, 0.15) is 5.56 Å². The number of hydrogen-bond acceptors (Lipinski definition) is 4. The molecule has 0 radical (unpaired) electrons. The average molecular weight is 296 g/mol. The molecule has 1 N–H and O–H groups in total. The van der Waals surface area contributed by atoms with E-state index in [9.17, 15) is 4.79 Å². The number of carboxylic acid groups (broad SMARTS) is 1. The highest BCUT2D eigenvalue weighted by Crippen LogP contribution is 2.37. The van der Waals surface area contributed by atoms with Crippen LogP contribution in [-0.4, -0.2) is 17.9 Å². The van der Waals surface area contributed by atoms with Gasteiger partial charge in [-0.15, -0.1) is 0 Å². The first kappa shape index (κ1) is 12.8. The molecule has 1 aromatic heterocycles. The fourth-order valence-corrected chi connectivity index (χ4v) is 2.62. The highest BCUT2D eigenvalue weighted by atomic mass is 16.7. The lowest BCUT2D eigenvalue weighted by molar-refractivity contribution is -0.136. The number of furan rings is 1. The van der Waals surface area contributed by atoms with Crippen LogP contribution in [0, 0.1) is 0 Å². The van der Waals surface area contributed by atoms with Gasteiger partial charge in [-0.1, -0.05) is 18.2 Å². The number of rotatable bonds is 3. The summed E-state index contributed by atoms with van der Waals surface area (Å²) in [5, 5.41) is 9.86. The van der Waals surface area contributed by atoms with Gasteiger partial charge < -0.3 is 19.0 Å². The summed E-state index contributed by atoms with van der Waals surface area (Å²) in [6, 6.07) is 13.0. The first-order valence-electron chi connectivity index (χ1n) is 6.84. The Morgan fingerprint density at radius 2 is 1.95 bits per heavy atom. The standard InChI is InChI=1S/C17H12O5/c18-16(19)8-12-3-1-2-11-7-14(22-17(11)12)10-4-5-13-15(6-10)21-9-20-13/h1-7H,8-9H2,(H,18,19). The molecule has 0 bridgehead atoms. The third-order valence-corrected chi connectivity index (χ3v) is 3.62. The summed E-state index contributed by atoms with van der Waals surface area (Å²) < 4.78 is 16.5. The largest absolute Gasteiger partial charge is 0.481 e. The molecule has 0 saturated heterocycles. The molecule has 1 aliphatic heterocycles. The lowest BCUT2D eigenvalue weighted by Gasteiger charge is -2.00. The van der Waals surface area contributed by atoms with Crippen molar-refractivity contribution in [3.8, 4) is 22.8 Å². The summed E-state index contributed by atoms with van der Waals surface area (Å²) in [7, 11) is 0. The monoisotopic (exact) mass is 296 g/mol. The first-order valence-corrected chi connectivity index (χ1v) is 6.84. The number of aliphatic carboxylic acids is 1. The number of carboxylic acids is 1. The van der Waals surface area contributed by atoms with E-state index in [0.29, 0.717) is 28.4 Å². The Balaban J connectivity index is 1.81. The van der Waals surface area contributed by atoms with Crippen molar-refractivity contribution >= 4 is 16.9 Å². The van der Waals surface area contributed by atoms with E-state index >= 15 is 0 Å². The quantitative estimate of drug-likeness (QED) is 0.801. The molecule has 2 heterocycles. The van der Waals surface area contributed by atoms with Crippen LogP contribution in [-0.2, 0) is 11.2 Å². The van der Waals surface area contributed by atoms with Gasteiger partial charge in [0.05, 0.1) is 6.42 Å². The molecule has 22 heavy (non-hydrogen) atoms. The molecule has 0 atom stereocenters. The molecule has 0 aliphatic carbocycles. The number of hydrogen-bond donors (Lipinski definition) is 1. The Kier molecular flexibility index (Phi) is 2.79. The van der Waals surface area contributed by atoms with E-state index in [4.69, 9.17) is 19.0 Å². The molecule has 110 valence electrons. The summed E-state index contributed by atoms with van der Waals surface area (Å²) in [6.07, 6.45) is -0.0641. The molecule has 0 amide bonds. The van der Waals surface area contributed by atoms with Gasteiger partial charge in [0.2, 0.25) is 6.79 Å². The number of benzene rings is 2. The van der Waals surface area contributed by atoms with Crippen LogP contribution in [0.15, 0.2) is 46.9 Å². The summed E-state index contributed by atoms with van der Waals surface area (Å²) >= 11 is 0. The van der Waals surface area contributed by atoms with Crippen LogP contribution in [0.2, 0.25) is 0 Å². The van der Waals surface area contributed by atoms with Gasteiger partial charge in [-0.05, 0) is 24.3 Å². The summed E-state index contributed by atoms with van der Waals surface area (Å²) in [4.78, 5) is 10.9. The minimum Gasteiger partial charge on any atom is -0.481 e. The van der Waals surface area contributed by atoms with Crippen molar-refractivity contribution in [1.29, 1.82) is 0 Å². The number of fused-ring (bicyclic) bond motifs is 2. The normalized spacial score (nSPS) is 12.7. The second kappa shape index (κ2) is 4.80. The van der Waals surface area contributed by atoms with Crippen molar-refractivity contribution in [1.82, 2.24) is 0 Å². The van der Waals surface area contributed by atoms with Gasteiger partial charge in [0.25, 0.3) is 0 Å². The van der Waals surface area contributed by atoms with Crippen LogP contribution in [0.3, 0.4) is 0 Å². The smallest absolute Gasteiger partial charge is 0.307 e. The van der Waals surface area contributed by atoms with Gasteiger partial charge in [0, 0.05) is 16.5 Å². The van der Waals surface area contributed by atoms with E-state index in [1.165, 1.54) is 0 Å². The van der Waals surface area contributed by atoms with Crippen molar-refractivity contribution in [2.24, 2.45) is 0 Å². The zero-order chi connectivity index (χ0) is 15.1. The maximum absolute atomic E-state index is 10.9. The predicted molar refractivity (Wildman–Crippen MR) is 79.1 cm³/mol. The molecule has 0 spiro atoms. The van der Waals surface area contributed by atoms with Crippen molar-refractivity contribution in [2.45, 2.75) is 6.42 Å². The van der Waals surface area contributed by atoms with Gasteiger partial charge >= 0.3 is 5.97 Å². The summed E-state index contributed by atoms with van der Waals surface area (Å²) in [6.45, 7) is 0.224. The molecule has 3 aromatic rings. The van der Waals surface area contributed by atoms with Crippen LogP contribution < -0.4 is 9.47 Å². The molecular formula is C17H12O5. The third-order valence-electron chi connectivity index (χ3n) is 3.62. The van der Waals surface area contributed by atoms with Crippen molar-refractivity contribution < 1.29 is 23.8 Å². The molecule has 2 aromatic carbocycles. The molecule has 1 aliphatic rings. The van der Waals surface area contributed by atoms with E-state index in [1.807, 2.05) is 36.4 Å². The Labute approximate surface area is 125 Å². The molecule has 0 saturated carbocycles. The van der Waals surface area contributed by atoms with Crippen LogP contribution >= 0.6 is 0 Å². The zero-order valence-electron chi connectivity index (χ0n) is 11.5. The summed E-state index contributed by atoms with van der Waals surface area (Å²) in [5.41, 5.74) is 2.14. The van der Waals surface area contributed by atoms with Crippen LogP contribution in [0.4, 0.5) is 0 Å². The lowest BCUT2D eigenvalue weighted by Crippen LogP contribution is -1.99. The zero-order valence-corrected chi connectivity index (χ0v) is 11.5. The highest BCUT2D eigenvalue weighted by molar-refractivity contribution is 5.88. The van der Waals surface area contributed by atoms with Crippen molar-refractivity contribution in [3.63, 3.8) is 0 Å². The maximum Gasteiger partial charge on any atom is 0.307 e. The van der Waals surface area contributed by atoms with Crippen LogP contribution in [0.25, 0.3) is 22.3 Å². The van der Waals surface area contributed by atoms with Gasteiger partial charge in [0.1, 0.15) is 11.3 Å². The Hall–Kier alpha value is -2.95. The highest BCUT2D eigenvalue weighted by Gasteiger charge is 2.16. The van der Waals surface area contributed by atoms with E-state index in [0.717, 1.165) is 10.9 Å². The average Bonchev–Trinajstić information content (AvgIpc) is 3.12. The minimum absolute atomic E-state index is 0.0641. The number of carbonyl (C=O) groups is 1. The second-order valence-electron chi connectivity index (χ2n) is 5.08. The Morgan fingerprint density at radius 3 is 2.82 bits per heavy atom. The van der Waals surface area contributed by atoms with Gasteiger partial charge in [0.15, 0.2) is 11.5 Å². The van der Waals surface area contributed by atoms with Crippen molar-refractivity contribution in [2.75, 3.05) is 6.79 Å². The maximum atomic E-state index is 10.9. The number of ether oxygens (including phenoxy) is 2. The number of para-hydroxylation sites is 1. The lowest BCUT2D eigenvalue weighted by atomic mass is 10.1. The van der Waals surface area contributed by atoms with Gasteiger partial charge in [-0.2, -0.15) is 0 Å². The Bertz CT molecular complexity index is 878. The minimum atomic E-state index is -0.881. The first-order chi connectivity index (χ1) is 10.7. The molecule has 5 nitrogen and oxygen atoms in total. The molecule has 0 unspecified atom stereocenters. The molecular weight excluding hydrogens is 284 g/mol. The van der Waals surface area contributed by atoms with E-state index in [2.05, 4.69) is 0 Å². The molecule has 0 fully saturated rings. The van der Waals surface area contributed by atoms with E-state index < -0.39 is 5.97 Å². The fraction of sp³-hybridized carbons (Fsp3) is 0.118. The predicted octanol–water partition coefficient (Wildman–Crippen LogP) is 3.46. The van der Waals surface area contributed by atoms with Crippen LogP contribution in [0.5, 0.6) is 11.5 Å². The SMILES string of the molecule is O=C(O)Cc1cccc2cc(-c3ccc4c(c3)OCO4)oc12. The molecule has 5 heteroatoms. The van der Waals surface area contributed by atoms with Gasteiger partial charge in [-0.25, -0.2) is 0 Å². The second-order valence-corrected chi connectivity index (χ2v) is 5.08. The fourth-order valence-electron chi connectivity index (χ4n) is 2.62. The summed E-state index contributed by atoms with van der Waals surface area (Å²) in [5.74, 6) is 1.19. The topological polar surface area (TPSA) is 68.9 Å². The van der Waals surface area contributed by atoms with E-state index in [-0.39, 0.29) is 13.2 Å². The molecule has 4 rings (SSSR count). The third kappa shape index (κ3) is 2.07. The van der Waals surface area contributed by atoms with E-state index in [1.54, 1.807) is 6.07 Å². The van der Waals surface area contributed by atoms with Gasteiger partial charge in [-0.3, -0.25) is 4.79 Å². The van der Waals surface area contributed by atoms with Crippen molar-refractivity contribution in [3.05, 3.63) is 48.0 Å². The Morgan fingerprint density at radius 1 is 1.09 bits per heavy atom.